The third-order valence-electron chi connectivity index (χ3n) is 3.41. The first-order valence-corrected chi connectivity index (χ1v) is 7.33. The van der Waals surface area contributed by atoms with Crippen molar-refractivity contribution in [3.8, 4) is 5.75 Å². The molecule has 2 rings (SSSR count). The second-order valence-corrected chi connectivity index (χ2v) is 6.12. The van der Waals surface area contributed by atoms with Crippen molar-refractivity contribution in [3.63, 3.8) is 0 Å². The van der Waals surface area contributed by atoms with E-state index in [0.717, 1.165) is 5.56 Å². The molecule has 0 heterocycles. The van der Waals surface area contributed by atoms with Gasteiger partial charge in [-0.15, -0.1) is 0 Å². The summed E-state index contributed by atoms with van der Waals surface area (Å²) >= 11 is 12.1. The fourth-order valence-corrected chi connectivity index (χ4v) is 2.64. The largest absolute Gasteiger partial charge is 0.486 e. The molecule has 0 radical (unpaired) electrons. The number of para-hydroxylation sites is 1. The maximum Gasteiger partial charge on any atom is 0.180 e. The van der Waals surface area contributed by atoms with Gasteiger partial charge in [-0.1, -0.05) is 47.5 Å². The van der Waals surface area contributed by atoms with Crippen molar-refractivity contribution in [1.82, 2.24) is 0 Å². The number of Topliss-reactive ketones (excluding diaryl/α,β-unsaturated/α-hetero) is 1. The predicted molar refractivity (Wildman–Crippen MR) is 86.4 cm³/mol. The molecule has 0 spiro atoms. The van der Waals surface area contributed by atoms with E-state index in [1.807, 2.05) is 44.2 Å². The van der Waals surface area contributed by atoms with E-state index in [-0.39, 0.29) is 12.4 Å². The summed E-state index contributed by atoms with van der Waals surface area (Å²) in [6.07, 6.45) is 0. The Kier molecular flexibility index (Phi) is 4.92. The molecule has 0 fully saturated rings. The van der Waals surface area contributed by atoms with E-state index < -0.39 is 5.41 Å². The number of carbonyl (C=O) groups is 1. The molecule has 0 saturated heterocycles. The van der Waals surface area contributed by atoms with Gasteiger partial charge in [0.15, 0.2) is 5.78 Å². The van der Waals surface area contributed by atoms with Crippen molar-refractivity contribution in [3.05, 3.63) is 64.1 Å². The van der Waals surface area contributed by atoms with E-state index in [9.17, 15) is 4.79 Å². The highest BCUT2D eigenvalue weighted by atomic mass is 35.5. The van der Waals surface area contributed by atoms with E-state index >= 15 is 0 Å². The smallest absolute Gasteiger partial charge is 0.180 e. The summed E-state index contributed by atoms with van der Waals surface area (Å²) in [6, 6.07) is 14.4. The number of benzene rings is 2. The van der Waals surface area contributed by atoms with Gasteiger partial charge in [-0.2, -0.15) is 0 Å². The highest BCUT2D eigenvalue weighted by Gasteiger charge is 2.31. The number of hydrogen-bond donors (Lipinski definition) is 0. The maximum atomic E-state index is 12.5. The minimum absolute atomic E-state index is 0.00400. The molecule has 0 atom stereocenters. The minimum atomic E-state index is -0.740. The van der Waals surface area contributed by atoms with Gasteiger partial charge in [-0.25, -0.2) is 0 Å². The third kappa shape index (κ3) is 3.78. The van der Waals surface area contributed by atoms with Gasteiger partial charge in [0.25, 0.3) is 0 Å². The van der Waals surface area contributed by atoms with Crippen LogP contribution in [0.1, 0.15) is 19.4 Å². The van der Waals surface area contributed by atoms with Crippen LogP contribution in [-0.2, 0) is 10.2 Å². The zero-order valence-corrected chi connectivity index (χ0v) is 13.4. The number of carbonyl (C=O) groups excluding carboxylic acids is 1. The molecule has 0 aliphatic rings. The lowest BCUT2D eigenvalue weighted by atomic mass is 9.81. The van der Waals surface area contributed by atoms with Crippen molar-refractivity contribution in [2.75, 3.05) is 6.61 Å². The van der Waals surface area contributed by atoms with Gasteiger partial charge in [-0.05, 0) is 43.7 Å². The van der Waals surface area contributed by atoms with Crippen LogP contribution in [0, 0.1) is 0 Å². The van der Waals surface area contributed by atoms with E-state index in [1.54, 1.807) is 18.2 Å². The Morgan fingerprint density at radius 2 is 1.76 bits per heavy atom. The Hall–Kier alpha value is -1.51. The van der Waals surface area contributed by atoms with Crippen LogP contribution in [0.15, 0.2) is 48.5 Å². The van der Waals surface area contributed by atoms with E-state index in [0.29, 0.717) is 15.8 Å². The van der Waals surface area contributed by atoms with Crippen LogP contribution in [0.5, 0.6) is 5.75 Å². The molecule has 0 N–H and O–H groups in total. The lowest BCUT2D eigenvalue weighted by Crippen LogP contribution is -2.33. The maximum absolute atomic E-state index is 12.5. The molecule has 21 heavy (non-hydrogen) atoms. The molecule has 0 aliphatic carbocycles. The van der Waals surface area contributed by atoms with Crippen LogP contribution in [0.25, 0.3) is 0 Å². The summed E-state index contributed by atoms with van der Waals surface area (Å²) in [5, 5.41) is 1.04. The second kappa shape index (κ2) is 6.50. The topological polar surface area (TPSA) is 26.3 Å². The summed E-state index contributed by atoms with van der Waals surface area (Å²) in [6.45, 7) is 3.66. The number of ketones is 1. The van der Waals surface area contributed by atoms with Gasteiger partial charge in [0.2, 0.25) is 0 Å². The Balaban J connectivity index is 2.13. The lowest BCUT2D eigenvalue weighted by molar-refractivity contribution is -0.125. The SMILES string of the molecule is CC(C)(C(=O)COc1ccccc1)c1ccc(Cl)cc1Cl. The first-order chi connectivity index (χ1) is 9.91. The quantitative estimate of drug-likeness (QED) is 0.781. The summed E-state index contributed by atoms with van der Waals surface area (Å²) in [5.41, 5.74) is 0.00595. The highest BCUT2D eigenvalue weighted by Crippen LogP contribution is 2.32. The van der Waals surface area contributed by atoms with E-state index in [4.69, 9.17) is 27.9 Å². The zero-order chi connectivity index (χ0) is 15.5. The summed E-state index contributed by atoms with van der Waals surface area (Å²) in [4.78, 5) is 12.5. The second-order valence-electron chi connectivity index (χ2n) is 5.27. The summed E-state index contributed by atoms with van der Waals surface area (Å²) in [7, 11) is 0. The fraction of sp³-hybridized carbons (Fsp3) is 0.235. The minimum Gasteiger partial charge on any atom is -0.486 e. The van der Waals surface area contributed by atoms with Crippen LogP contribution in [0.4, 0.5) is 0 Å². The monoisotopic (exact) mass is 322 g/mol. The number of rotatable bonds is 5. The van der Waals surface area contributed by atoms with Crippen LogP contribution in [-0.4, -0.2) is 12.4 Å². The summed E-state index contributed by atoms with van der Waals surface area (Å²) in [5.74, 6) is 0.624. The molecule has 0 unspecified atom stereocenters. The first-order valence-electron chi connectivity index (χ1n) is 6.58. The Labute approximate surface area is 134 Å². The van der Waals surface area contributed by atoms with Gasteiger partial charge in [0, 0.05) is 10.0 Å². The molecule has 0 aromatic heterocycles. The van der Waals surface area contributed by atoms with Gasteiger partial charge >= 0.3 is 0 Å². The molecular formula is C17H16Cl2O2. The average molecular weight is 323 g/mol. The van der Waals surface area contributed by atoms with Gasteiger partial charge in [0.05, 0.1) is 5.41 Å². The van der Waals surface area contributed by atoms with Crippen molar-refractivity contribution in [2.24, 2.45) is 0 Å². The van der Waals surface area contributed by atoms with Gasteiger partial charge < -0.3 is 4.74 Å². The molecule has 4 heteroatoms. The first kappa shape index (κ1) is 15.9. The normalized spacial score (nSPS) is 11.2. The molecule has 0 bridgehead atoms. The van der Waals surface area contributed by atoms with Crippen molar-refractivity contribution >= 4 is 29.0 Å². The van der Waals surface area contributed by atoms with Gasteiger partial charge in [0.1, 0.15) is 12.4 Å². The predicted octanol–water partition coefficient (Wildman–Crippen LogP) is 4.92. The molecule has 0 amide bonds. The summed E-state index contributed by atoms with van der Waals surface area (Å²) < 4.78 is 5.52. The van der Waals surface area contributed by atoms with Crippen LogP contribution >= 0.6 is 23.2 Å². The van der Waals surface area contributed by atoms with E-state index in [2.05, 4.69) is 0 Å². The average Bonchev–Trinajstić information content (AvgIpc) is 2.45. The molecular weight excluding hydrogens is 307 g/mol. The zero-order valence-electron chi connectivity index (χ0n) is 11.9. The van der Waals surface area contributed by atoms with E-state index in [1.165, 1.54) is 0 Å². The standard InChI is InChI=1S/C17H16Cl2O2/c1-17(2,14-9-8-12(18)10-15(14)19)16(20)11-21-13-6-4-3-5-7-13/h3-10H,11H2,1-2H3. The van der Waals surface area contributed by atoms with Crippen molar-refractivity contribution in [1.29, 1.82) is 0 Å². The lowest BCUT2D eigenvalue weighted by Gasteiger charge is -2.25. The fourth-order valence-electron chi connectivity index (χ4n) is 1.99. The third-order valence-corrected chi connectivity index (χ3v) is 3.96. The molecule has 2 aromatic rings. The van der Waals surface area contributed by atoms with Crippen molar-refractivity contribution in [2.45, 2.75) is 19.3 Å². The van der Waals surface area contributed by atoms with Crippen molar-refractivity contribution < 1.29 is 9.53 Å². The van der Waals surface area contributed by atoms with Crippen LogP contribution < -0.4 is 4.74 Å². The number of halogens is 2. The molecule has 0 saturated carbocycles. The molecule has 2 nitrogen and oxygen atoms in total. The van der Waals surface area contributed by atoms with Crippen LogP contribution in [0.3, 0.4) is 0 Å². The highest BCUT2D eigenvalue weighted by molar-refractivity contribution is 6.35. The molecule has 0 aliphatic heterocycles. The Morgan fingerprint density at radius 3 is 2.38 bits per heavy atom. The molecule has 110 valence electrons. The number of hydrogen-bond acceptors (Lipinski definition) is 2. The van der Waals surface area contributed by atoms with Gasteiger partial charge in [-0.3, -0.25) is 4.79 Å². The Morgan fingerprint density at radius 1 is 1.10 bits per heavy atom. The Bertz CT molecular complexity index is 636. The van der Waals surface area contributed by atoms with Crippen LogP contribution in [0.2, 0.25) is 10.0 Å². The molecule has 2 aromatic carbocycles. The number of ether oxygens (including phenoxy) is 1.